The Balaban J connectivity index is 1.53. The van der Waals surface area contributed by atoms with Crippen LogP contribution < -0.4 is 9.64 Å². The first-order chi connectivity index (χ1) is 21.4. The lowest BCUT2D eigenvalue weighted by atomic mass is 9.66. The lowest BCUT2D eigenvalue weighted by molar-refractivity contribution is 0.436. The van der Waals surface area contributed by atoms with Crippen molar-refractivity contribution in [1.82, 2.24) is 0 Å². The standard InChI is InChI=1S/C37H25NO/c1-3-14-26(15-4-1)38(27-16-5-2-6-17-27)33-23-13-22-32-36(33)28-18-7-8-19-29(28)37(32)30-20-9-11-24-34(30)39-35-25-12-10-21-31(35)37/h1-25H/i1D,3D,4D,14D,15D. The minimum absolute atomic E-state index is 0.0989. The van der Waals surface area contributed by atoms with E-state index in [9.17, 15) is 0 Å². The Morgan fingerprint density at radius 2 is 1.10 bits per heavy atom. The molecule has 0 unspecified atom stereocenters. The maximum atomic E-state index is 8.96. The van der Waals surface area contributed by atoms with Gasteiger partial charge in [0.1, 0.15) is 11.5 Å². The topological polar surface area (TPSA) is 12.5 Å². The smallest absolute Gasteiger partial charge is 0.132 e. The first-order valence-corrected chi connectivity index (χ1v) is 13.0. The van der Waals surface area contributed by atoms with Gasteiger partial charge in [-0.05, 0) is 59.1 Å². The van der Waals surface area contributed by atoms with Crippen LogP contribution in [0.15, 0.2) is 152 Å². The minimum Gasteiger partial charge on any atom is -0.457 e. The number of nitrogens with zero attached hydrogens (tertiary/aromatic N) is 1. The van der Waals surface area contributed by atoms with Crippen LogP contribution >= 0.6 is 0 Å². The van der Waals surface area contributed by atoms with Gasteiger partial charge in [0.2, 0.25) is 0 Å². The number of benzene rings is 6. The Labute approximate surface area is 235 Å². The molecule has 0 saturated carbocycles. The molecular weight excluding hydrogens is 474 g/mol. The number of hydrogen-bond acceptors (Lipinski definition) is 2. The SMILES string of the molecule is [2H]c1c([2H])c([2H])c(N(c2ccccc2)c2cccc3c2-c2ccccc2C32c3ccccc3Oc3ccccc32)c([2H])c1[2H]. The van der Waals surface area contributed by atoms with Gasteiger partial charge in [-0.1, -0.05) is 109 Å². The van der Waals surface area contributed by atoms with E-state index in [-0.39, 0.29) is 29.9 Å². The first-order valence-electron chi connectivity index (χ1n) is 15.5. The van der Waals surface area contributed by atoms with Crippen molar-refractivity contribution in [2.75, 3.05) is 4.90 Å². The summed E-state index contributed by atoms with van der Waals surface area (Å²) in [5.41, 5.74) is 6.93. The van der Waals surface area contributed by atoms with Crippen molar-refractivity contribution in [3.8, 4) is 22.6 Å². The first kappa shape index (κ1) is 17.4. The quantitative estimate of drug-likeness (QED) is 0.237. The largest absolute Gasteiger partial charge is 0.457 e. The molecule has 6 aromatic carbocycles. The second-order valence-corrected chi connectivity index (χ2v) is 9.73. The maximum absolute atomic E-state index is 8.96. The lowest BCUT2D eigenvalue weighted by Gasteiger charge is -2.39. The van der Waals surface area contributed by atoms with Gasteiger partial charge in [0.15, 0.2) is 0 Å². The Morgan fingerprint density at radius 3 is 1.82 bits per heavy atom. The zero-order valence-corrected chi connectivity index (χ0v) is 20.9. The monoisotopic (exact) mass is 504 g/mol. The highest BCUT2D eigenvalue weighted by molar-refractivity contribution is 5.98. The Bertz CT molecular complexity index is 2050. The molecule has 6 aromatic rings. The van der Waals surface area contributed by atoms with Gasteiger partial charge in [-0.2, -0.15) is 0 Å². The van der Waals surface area contributed by atoms with Gasteiger partial charge in [-0.15, -0.1) is 0 Å². The van der Waals surface area contributed by atoms with E-state index in [0.717, 1.165) is 50.6 Å². The summed E-state index contributed by atoms with van der Waals surface area (Å²) in [4.78, 5) is 1.81. The fourth-order valence-corrected chi connectivity index (χ4v) is 6.39. The number of fused-ring (bicyclic) bond motifs is 9. The molecular formula is C37H25NO. The minimum atomic E-state index is -0.699. The molecule has 1 spiro atoms. The van der Waals surface area contributed by atoms with Gasteiger partial charge < -0.3 is 9.64 Å². The summed E-state index contributed by atoms with van der Waals surface area (Å²) >= 11 is 0. The van der Waals surface area contributed by atoms with Crippen LogP contribution in [0.5, 0.6) is 11.5 Å². The van der Waals surface area contributed by atoms with Gasteiger partial charge in [0.05, 0.1) is 18.0 Å². The van der Waals surface area contributed by atoms with E-state index >= 15 is 0 Å². The molecule has 0 N–H and O–H groups in total. The number of rotatable bonds is 3. The molecule has 1 aliphatic carbocycles. The summed E-state index contributed by atoms with van der Waals surface area (Å²) in [6.07, 6.45) is 0. The van der Waals surface area contributed by atoms with Crippen molar-refractivity contribution >= 4 is 17.1 Å². The van der Waals surface area contributed by atoms with Crippen LogP contribution in [-0.2, 0) is 5.41 Å². The van der Waals surface area contributed by atoms with E-state index < -0.39 is 11.5 Å². The van der Waals surface area contributed by atoms with Crippen LogP contribution in [0.3, 0.4) is 0 Å². The van der Waals surface area contributed by atoms with Gasteiger partial charge in [-0.3, -0.25) is 0 Å². The molecule has 0 atom stereocenters. The summed E-state index contributed by atoms with van der Waals surface area (Å²) < 4.78 is 49.6. The maximum Gasteiger partial charge on any atom is 0.132 e. The second kappa shape index (κ2) is 8.47. The average Bonchev–Trinajstić information content (AvgIpc) is 3.36. The normalized spacial score (nSPS) is 15.3. The highest BCUT2D eigenvalue weighted by Gasteiger charge is 2.51. The highest BCUT2D eigenvalue weighted by Crippen LogP contribution is 2.63. The van der Waals surface area contributed by atoms with Crippen LogP contribution in [0.2, 0.25) is 0 Å². The van der Waals surface area contributed by atoms with Crippen molar-refractivity contribution in [2.45, 2.75) is 5.41 Å². The molecule has 0 amide bonds. The molecule has 0 fully saturated rings. The van der Waals surface area contributed by atoms with Gasteiger partial charge in [0, 0.05) is 28.1 Å². The molecule has 2 aliphatic rings. The summed E-state index contributed by atoms with van der Waals surface area (Å²) in [7, 11) is 0. The molecule has 0 aromatic heterocycles. The van der Waals surface area contributed by atoms with E-state index in [1.807, 2.05) is 89.8 Å². The van der Waals surface area contributed by atoms with Crippen molar-refractivity contribution in [2.24, 2.45) is 0 Å². The molecule has 8 rings (SSSR count). The fourth-order valence-electron chi connectivity index (χ4n) is 6.39. The lowest BCUT2D eigenvalue weighted by Crippen LogP contribution is -2.32. The van der Waals surface area contributed by atoms with Gasteiger partial charge in [-0.25, -0.2) is 0 Å². The number of anilines is 3. The molecule has 2 nitrogen and oxygen atoms in total. The van der Waals surface area contributed by atoms with Crippen LogP contribution in [-0.4, -0.2) is 0 Å². The predicted octanol–water partition coefficient (Wildman–Crippen LogP) is 9.63. The van der Waals surface area contributed by atoms with Crippen LogP contribution in [0, 0.1) is 0 Å². The number of hydrogen-bond donors (Lipinski definition) is 0. The number of ether oxygens (including phenoxy) is 1. The Hall–Kier alpha value is -5.08. The summed E-state index contributed by atoms with van der Waals surface area (Å²) in [6.45, 7) is 0. The summed E-state index contributed by atoms with van der Waals surface area (Å²) in [6, 6.07) is 38.5. The van der Waals surface area contributed by atoms with Crippen molar-refractivity contribution in [3.63, 3.8) is 0 Å². The second-order valence-electron chi connectivity index (χ2n) is 9.73. The predicted molar refractivity (Wildman–Crippen MR) is 159 cm³/mol. The van der Waals surface area contributed by atoms with Gasteiger partial charge in [0.25, 0.3) is 0 Å². The molecule has 184 valence electrons. The Morgan fingerprint density at radius 1 is 0.513 bits per heavy atom. The van der Waals surface area contributed by atoms with Crippen molar-refractivity contribution in [3.05, 3.63) is 174 Å². The third-order valence-corrected chi connectivity index (χ3v) is 7.81. The molecule has 1 heterocycles. The molecule has 1 aliphatic heterocycles. The Kier molecular flexibility index (Phi) is 3.79. The molecule has 39 heavy (non-hydrogen) atoms. The van der Waals surface area contributed by atoms with Crippen molar-refractivity contribution < 1.29 is 11.6 Å². The van der Waals surface area contributed by atoms with Crippen LogP contribution in [0.1, 0.15) is 29.1 Å². The van der Waals surface area contributed by atoms with Crippen LogP contribution in [0.25, 0.3) is 11.1 Å². The molecule has 0 bridgehead atoms. The highest BCUT2D eigenvalue weighted by atomic mass is 16.5. The molecule has 0 radical (unpaired) electrons. The third-order valence-electron chi connectivity index (χ3n) is 7.81. The average molecular weight is 505 g/mol. The van der Waals surface area contributed by atoms with E-state index in [1.54, 1.807) is 0 Å². The van der Waals surface area contributed by atoms with Gasteiger partial charge >= 0.3 is 0 Å². The van der Waals surface area contributed by atoms with Crippen molar-refractivity contribution in [1.29, 1.82) is 0 Å². The zero-order valence-electron chi connectivity index (χ0n) is 25.9. The van der Waals surface area contributed by atoms with E-state index in [4.69, 9.17) is 11.6 Å². The summed E-state index contributed by atoms with van der Waals surface area (Å²) in [5, 5.41) is 0. The summed E-state index contributed by atoms with van der Waals surface area (Å²) in [5.74, 6) is 1.56. The van der Waals surface area contributed by atoms with E-state index in [1.165, 1.54) is 0 Å². The number of para-hydroxylation sites is 4. The van der Waals surface area contributed by atoms with E-state index in [2.05, 4.69) is 36.4 Å². The zero-order chi connectivity index (χ0) is 30.2. The fraction of sp³-hybridized carbons (Fsp3) is 0.0270. The van der Waals surface area contributed by atoms with E-state index in [0.29, 0.717) is 5.69 Å². The molecule has 2 heteroatoms. The molecule has 0 saturated heterocycles. The third kappa shape index (κ3) is 3.03. The van der Waals surface area contributed by atoms with Crippen LogP contribution in [0.4, 0.5) is 17.1 Å².